The van der Waals surface area contributed by atoms with Gasteiger partial charge in [-0.3, -0.25) is 4.79 Å². The maximum Gasteiger partial charge on any atom is 0.258 e. The summed E-state index contributed by atoms with van der Waals surface area (Å²) in [5, 5.41) is 2.05. The van der Waals surface area contributed by atoms with Crippen molar-refractivity contribution in [2.24, 2.45) is 0 Å². The van der Waals surface area contributed by atoms with Crippen molar-refractivity contribution in [1.29, 1.82) is 0 Å². The van der Waals surface area contributed by atoms with Gasteiger partial charge in [0.2, 0.25) is 0 Å². The van der Waals surface area contributed by atoms with E-state index >= 15 is 0 Å². The fraction of sp³-hybridized carbons (Fsp3) is 0.308. The molecule has 1 atom stereocenters. The topological polar surface area (TPSA) is 33.5 Å². The number of nitrogens with zero attached hydrogens (tertiary/aromatic N) is 1. The molecule has 2 heterocycles. The first kappa shape index (κ1) is 13.4. The summed E-state index contributed by atoms with van der Waals surface area (Å²) in [5.74, 6) is -0.0281. The van der Waals surface area contributed by atoms with Gasteiger partial charge in [-0.1, -0.05) is 6.07 Å². The second-order valence-corrected chi connectivity index (χ2v) is 5.91. The van der Waals surface area contributed by atoms with Crippen LogP contribution in [0.3, 0.4) is 0 Å². The average Bonchev–Trinajstić information content (AvgIpc) is 2.98. The molecule has 0 aliphatic carbocycles. The molecule has 2 aromatic rings. The highest BCUT2D eigenvalue weighted by Gasteiger charge is 2.21. The van der Waals surface area contributed by atoms with E-state index in [2.05, 4.69) is 27.4 Å². The van der Waals surface area contributed by atoms with Crippen LogP contribution in [0.15, 0.2) is 38.9 Å². The molecule has 1 amide bonds. The Morgan fingerprint density at radius 1 is 1.56 bits per heavy atom. The van der Waals surface area contributed by atoms with Crippen LogP contribution in [0, 0.1) is 0 Å². The molecule has 0 radical (unpaired) electrons. The van der Waals surface area contributed by atoms with Crippen LogP contribution < -0.4 is 0 Å². The van der Waals surface area contributed by atoms with Crippen LogP contribution in [0.5, 0.6) is 0 Å². The number of carbonyl (C=O) groups is 1. The normalized spacial score (nSPS) is 12.4. The summed E-state index contributed by atoms with van der Waals surface area (Å²) in [6.07, 6.45) is 2.38. The van der Waals surface area contributed by atoms with Crippen molar-refractivity contribution in [2.45, 2.75) is 19.4 Å². The SMILES string of the molecule is CC(Cc1cccs1)N(C)C(=O)c1ccoc1Br. The lowest BCUT2D eigenvalue weighted by Gasteiger charge is -2.24. The third-order valence-corrected chi connectivity index (χ3v) is 4.42. The first-order chi connectivity index (χ1) is 8.59. The van der Waals surface area contributed by atoms with E-state index < -0.39 is 0 Å². The van der Waals surface area contributed by atoms with Gasteiger partial charge in [0.1, 0.15) is 0 Å². The van der Waals surface area contributed by atoms with Gasteiger partial charge >= 0.3 is 0 Å². The van der Waals surface area contributed by atoms with Crippen molar-refractivity contribution >= 4 is 33.2 Å². The van der Waals surface area contributed by atoms with E-state index in [4.69, 9.17) is 4.42 Å². The molecule has 96 valence electrons. The van der Waals surface area contributed by atoms with Gasteiger partial charge < -0.3 is 9.32 Å². The maximum absolute atomic E-state index is 12.2. The fourth-order valence-corrected chi connectivity index (χ4v) is 2.93. The van der Waals surface area contributed by atoms with Crippen LogP contribution in [0.25, 0.3) is 0 Å². The highest BCUT2D eigenvalue weighted by molar-refractivity contribution is 9.10. The minimum Gasteiger partial charge on any atom is -0.457 e. The first-order valence-corrected chi connectivity index (χ1v) is 7.29. The largest absolute Gasteiger partial charge is 0.457 e. The van der Waals surface area contributed by atoms with Crippen molar-refractivity contribution in [1.82, 2.24) is 4.90 Å². The number of thiophene rings is 1. The van der Waals surface area contributed by atoms with Gasteiger partial charge in [0.25, 0.3) is 5.91 Å². The number of halogens is 1. The standard InChI is InChI=1S/C13H14BrNO2S/c1-9(8-10-4-3-7-18-10)15(2)13(16)11-5-6-17-12(11)14/h3-7,9H,8H2,1-2H3. The van der Waals surface area contributed by atoms with Gasteiger partial charge in [0.15, 0.2) is 4.67 Å². The Bertz CT molecular complexity index is 521. The molecular weight excluding hydrogens is 314 g/mol. The molecule has 0 aliphatic heterocycles. The van der Waals surface area contributed by atoms with Crippen LogP contribution in [-0.2, 0) is 6.42 Å². The molecule has 0 bridgehead atoms. The Labute approximate surface area is 119 Å². The number of hydrogen-bond acceptors (Lipinski definition) is 3. The molecule has 0 aliphatic rings. The second kappa shape index (κ2) is 5.71. The molecule has 2 rings (SSSR count). The number of amides is 1. The van der Waals surface area contributed by atoms with Crippen LogP contribution in [0.1, 0.15) is 22.2 Å². The van der Waals surface area contributed by atoms with Gasteiger partial charge in [-0.15, -0.1) is 11.3 Å². The summed E-state index contributed by atoms with van der Waals surface area (Å²) in [7, 11) is 1.82. The Morgan fingerprint density at radius 3 is 2.89 bits per heavy atom. The Kier molecular flexibility index (Phi) is 4.24. The second-order valence-electron chi connectivity index (χ2n) is 4.16. The number of carbonyl (C=O) groups excluding carboxylic acids is 1. The Balaban J connectivity index is 2.05. The van der Waals surface area contributed by atoms with Crippen LogP contribution in [-0.4, -0.2) is 23.9 Å². The zero-order valence-corrected chi connectivity index (χ0v) is 12.6. The number of hydrogen-bond donors (Lipinski definition) is 0. The molecule has 0 saturated carbocycles. The van der Waals surface area contributed by atoms with Crippen LogP contribution in [0.4, 0.5) is 0 Å². The summed E-state index contributed by atoms with van der Waals surface area (Å²) in [5.41, 5.74) is 0.565. The van der Waals surface area contributed by atoms with E-state index in [1.54, 1.807) is 22.3 Å². The average molecular weight is 328 g/mol. The monoisotopic (exact) mass is 327 g/mol. The molecule has 1 unspecified atom stereocenters. The third-order valence-electron chi connectivity index (χ3n) is 2.91. The number of furan rings is 1. The first-order valence-electron chi connectivity index (χ1n) is 5.62. The molecule has 0 saturated heterocycles. The van der Waals surface area contributed by atoms with E-state index in [0.29, 0.717) is 10.2 Å². The molecule has 2 aromatic heterocycles. The summed E-state index contributed by atoms with van der Waals surface area (Å²) >= 11 is 4.95. The summed E-state index contributed by atoms with van der Waals surface area (Å²) < 4.78 is 5.58. The minimum absolute atomic E-state index is 0.0281. The fourth-order valence-electron chi connectivity index (χ4n) is 1.69. The van der Waals surface area contributed by atoms with Crippen molar-refractivity contribution in [3.8, 4) is 0 Å². The predicted molar refractivity (Wildman–Crippen MR) is 76.0 cm³/mol. The molecule has 3 nitrogen and oxygen atoms in total. The lowest BCUT2D eigenvalue weighted by molar-refractivity contribution is 0.0742. The zero-order chi connectivity index (χ0) is 13.1. The van der Waals surface area contributed by atoms with E-state index in [1.165, 1.54) is 11.1 Å². The molecule has 5 heteroatoms. The molecular formula is C13H14BrNO2S. The Morgan fingerprint density at radius 2 is 2.33 bits per heavy atom. The van der Waals surface area contributed by atoms with Crippen molar-refractivity contribution in [3.05, 3.63) is 45.0 Å². The molecule has 0 spiro atoms. The molecule has 0 N–H and O–H groups in total. The highest BCUT2D eigenvalue weighted by Crippen LogP contribution is 2.21. The highest BCUT2D eigenvalue weighted by atomic mass is 79.9. The van der Waals surface area contributed by atoms with E-state index in [-0.39, 0.29) is 11.9 Å². The smallest absolute Gasteiger partial charge is 0.258 e. The summed E-state index contributed by atoms with van der Waals surface area (Å²) in [6.45, 7) is 2.05. The molecule has 0 fully saturated rings. The van der Waals surface area contributed by atoms with Gasteiger partial charge in [-0.25, -0.2) is 0 Å². The third kappa shape index (κ3) is 2.84. The van der Waals surface area contributed by atoms with Gasteiger partial charge in [-0.05, 0) is 40.4 Å². The Hall–Kier alpha value is -1.07. The quantitative estimate of drug-likeness (QED) is 0.855. The van der Waals surface area contributed by atoms with Crippen molar-refractivity contribution in [3.63, 3.8) is 0 Å². The van der Waals surface area contributed by atoms with E-state index in [0.717, 1.165) is 6.42 Å². The van der Waals surface area contributed by atoms with E-state index in [1.807, 2.05) is 20.0 Å². The summed E-state index contributed by atoms with van der Waals surface area (Å²) in [6, 6.07) is 5.95. The van der Waals surface area contributed by atoms with Crippen LogP contribution in [0.2, 0.25) is 0 Å². The van der Waals surface area contributed by atoms with Gasteiger partial charge in [0.05, 0.1) is 11.8 Å². The lowest BCUT2D eigenvalue weighted by atomic mass is 10.1. The van der Waals surface area contributed by atoms with Crippen molar-refractivity contribution < 1.29 is 9.21 Å². The van der Waals surface area contributed by atoms with Gasteiger partial charge in [-0.2, -0.15) is 0 Å². The lowest BCUT2D eigenvalue weighted by Crippen LogP contribution is -2.36. The predicted octanol–water partition coefficient (Wildman–Crippen LogP) is 3.81. The summed E-state index contributed by atoms with van der Waals surface area (Å²) in [4.78, 5) is 15.3. The van der Waals surface area contributed by atoms with E-state index in [9.17, 15) is 4.79 Å². The number of rotatable bonds is 4. The zero-order valence-electron chi connectivity index (χ0n) is 10.2. The molecule has 0 aromatic carbocycles. The van der Waals surface area contributed by atoms with Gasteiger partial charge in [0, 0.05) is 24.4 Å². The minimum atomic E-state index is -0.0281. The number of likely N-dealkylation sites (N-methyl/N-ethyl adjacent to an activating group) is 1. The van der Waals surface area contributed by atoms with Crippen LogP contribution >= 0.6 is 27.3 Å². The molecule has 18 heavy (non-hydrogen) atoms. The van der Waals surface area contributed by atoms with Crippen molar-refractivity contribution in [2.75, 3.05) is 7.05 Å². The maximum atomic E-state index is 12.2.